The van der Waals surface area contributed by atoms with Crippen LogP contribution in [0.3, 0.4) is 0 Å². The molecule has 0 saturated carbocycles. The van der Waals surface area contributed by atoms with Gasteiger partial charge in [0, 0.05) is 31.7 Å². The Morgan fingerprint density at radius 1 is 1.25 bits per heavy atom. The van der Waals surface area contributed by atoms with Crippen molar-refractivity contribution in [1.82, 2.24) is 10.3 Å². The van der Waals surface area contributed by atoms with E-state index in [1.54, 1.807) is 6.20 Å². The van der Waals surface area contributed by atoms with Crippen LogP contribution in [0.1, 0.15) is 25.7 Å². The van der Waals surface area contributed by atoms with Crippen LogP contribution in [-0.2, 0) is 0 Å². The highest BCUT2D eigenvalue weighted by atomic mass is 19.4. The van der Waals surface area contributed by atoms with Crippen LogP contribution in [0.5, 0.6) is 0 Å². The summed E-state index contributed by atoms with van der Waals surface area (Å²) in [6, 6.07) is 6.16. The van der Waals surface area contributed by atoms with Gasteiger partial charge in [-0.15, -0.1) is 0 Å². The molecule has 1 aromatic rings. The molecule has 1 aliphatic heterocycles. The molecule has 0 atom stereocenters. The van der Waals surface area contributed by atoms with Crippen molar-refractivity contribution >= 4 is 5.82 Å². The van der Waals surface area contributed by atoms with Crippen LogP contribution in [0.15, 0.2) is 24.4 Å². The Bertz CT molecular complexity index is 386. The topological polar surface area (TPSA) is 28.2 Å². The van der Waals surface area contributed by atoms with Crippen molar-refractivity contribution < 1.29 is 13.2 Å². The summed E-state index contributed by atoms with van der Waals surface area (Å²) < 4.78 is 36.1. The van der Waals surface area contributed by atoms with Gasteiger partial charge in [0.05, 0.1) is 0 Å². The number of nitrogens with one attached hydrogen (secondary N) is 1. The van der Waals surface area contributed by atoms with Crippen LogP contribution in [0.2, 0.25) is 0 Å². The molecule has 1 aliphatic rings. The molecule has 0 aliphatic carbocycles. The minimum absolute atomic E-state index is 0.157. The number of aromatic nitrogens is 1. The van der Waals surface area contributed by atoms with Crippen LogP contribution in [-0.4, -0.2) is 36.8 Å². The number of pyridine rings is 1. The first-order valence-electron chi connectivity index (χ1n) is 7.01. The van der Waals surface area contributed by atoms with Crippen molar-refractivity contribution in [2.45, 2.75) is 37.9 Å². The van der Waals surface area contributed by atoms with Crippen LogP contribution in [0.25, 0.3) is 0 Å². The maximum atomic E-state index is 12.0. The van der Waals surface area contributed by atoms with E-state index in [0.29, 0.717) is 12.6 Å². The highest BCUT2D eigenvalue weighted by Crippen LogP contribution is 2.21. The second-order valence-electron chi connectivity index (χ2n) is 5.12. The third kappa shape index (κ3) is 5.00. The zero-order valence-corrected chi connectivity index (χ0v) is 11.4. The van der Waals surface area contributed by atoms with Gasteiger partial charge in [-0.05, 0) is 37.9 Å². The highest BCUT2D eigenvalue weighted by molar-refractivity contribution is 5.38. The zero-order valence-electron chi connectivity index (χ0n) is 11.4. The molecule has 0 bridgehead atoms. The van der Waals surface area contributed by atoms with E-state index in [0.717, 1.165) is 31.7 Å². The number of alkyl halides is 3. The number of halogens is 3. The summed E-state index contributed by atoms with van der Waals surface area (Å²) in [7, 11) is 0. The van der Waals surface area contributed by atoms with Gasteiger partial charge in [0.2, 0.25) is 0 Å². The van der Waals surface area contributed by atoms with E-state index in [4.69, 9.17) is 0 Å². The minimum Gasteiger partial charge on any atom is -0.357 e. The molecule has 1 fully saturated rings. The van der Waals surface area contributed by atoms with E-state index < -0.39 is 12.6 Å². The van der Waals surface area contributed by atoms with Gasteiger partial charge in [0.25, 0.3) is 0 Å². The largest absolute Gasteiger partial charge is 0.389 e. The fourth-order valence-corrected chi connectivity index (χ4v) is 2.45. The van der Waals surface area contributed by atoms with Crippen LogP contribution >= 0.6 is 0 Å². The van der Waals surface area contributed by atoms with E-state index in [-0.39, 0.29) is 6.42 Å². The quantitative estimate of drug-likeness (QED) is 0.844. The molecule has 0 spiro atoms. The number of hydrogen-bond acceptors (Lipinski definition) is 3. The van der Waals surface area contributed by atoms with E-state index in [1.165, 1.54) is 0 Å². The maximum absolute atomic E-state index is 12.0. The average Bonchev–Trinajstić information content (AvgIpc) is 2.44. The summed E-state index contributed by atoms with van der Waals surface area (Å²) in [6.07, 6.45) is -0.914. The van der Waals surface area contributed by atoms with Crippen LogP contribution < -0.4 is 10.2 Å². The Morgan fingerprint density at radius 3 is 2.60 bits per heavy atom. The summed E-state index contributed by atoms with van der Waals surface area (Å²) in [5.74, 6) is 0.975. The van der Waals surface area contributed by atoms with Crippen molar-refractivity contribution in [3.8, 4) is 0 Å². The summed E-state index contributed by atoms with van der Waals surface area (Å²) >= 11 is 0. The summed E-state index contributed by atoms with van der Waals surface area (Å²) in [6.45, 7) is 2.23. The normalized spacial score (nSPS) is 17.4. The molecule has 2 heterocycles. The highest BCUT2D eigenvalue weighted by Gasteiger charge is 2.26. The number of anilines is 1. The van der Waals surface area contributed by atoms with Crippen LogP contribution in [0.4, 0.5) is 19.0 Å². The van der Waals surface area contributed by atoms with Crippen molar-refractivity contribution in [3.05, 3.63) is 24.4 Å². The zero-order chi connectivity index (χ0) is 14.4. The smallest absolute Gasteiger partial charge is 0.357 e. The SMILES string of the molecule is FC(F)(F)CCCNC1CCN(c2ccccn2)CC1. The molecule has 0 unspecified atom stereocenters. The first kappa shape index (κ1) is 15.1. The molecule has 6 heteroatoms. The molecular weight excluding hydrogens is 267 g/mol. The minimum atomic E-state index is -4.04. The molecule has 0 amide bonds. The van der Waals surface area contributed by atoms with E-state index >= 15 is 0 Å². The van der Waals surface area contributed by atoms with Gasteiger partial charge in [-0.3, -0.25) is 0 Å². The Labute approximate surface area is 117 Å². The maximum Gasteiger partial charge on any atom is 0.389 e. The molecule has 112 valence electrons. The Morgan fingerprint density at radius 2 is 2.00 bits per heavy atom. The van der Waals surface area contributed by atoms with Crippen molar-refractivity contribution in [1.29, 1.82) is 0 Å². The Kier molecular flexibility index (Phi) is 5.23. The van der Waals surface area contributed by atoms with E-state index in [2.05, 4.69) is 15.2 Å². The molecule has 2 rings (SSSR count). The lowest BCUT2D eigenvalue weighted by Gasteiger charge is -2.33. The standard InChI is InChI=1S/C14H20F3N3/c15-14(16,17)7-3-9-18-12-5-10-20(11-6-12)13-4-1-2-8-19-13/h1-2,4,8,12,18H,3,5-7,9-11H2. The third-order valence-corrected chi connectivity index (χ3v) is 3.54. The molecule has 3 nitrogen and oxygen atoms in total. The van der Waals surface area contributed by atoms with E-state index in [9.17, 15) is 13.2 Å². The number of nitrogens with zero attached hydrogens (tertiary/aromatic N) is 2. The molecule has 1 aromatic heterocycles. The average molecular weight is 287 g/mol. The first-order chi connectivity index (χ1) is 9.54. The lowest BCUT2D eigenvalue weighted by Crippen LogP contribution is -2.43. The van der Waals surface area contributed by atoms with Gasteiger partial charge < -0.3 is 10.2 Å². The summed E-state index contributed by atoms with van der Waals surface area (Å²) in [5.41, 5.74) is 0. The van der Waals surface area contributed by atoms with Gasteiger partial charge in [-0.1, -0.05) is 6.07 Å². The predicted molar refractivity (Wildman–Crippen MR) is 72.8 cm³/mol. The molecule has 0 radical (unpaired) electrons. The van der Waals surface area contributed by atoms with Gasteiger partial charge in [-0.2, -0.15) is 13.2 Å². The monoisotopic (exact) mass is 287 g/mol. The van der Waals surface area contributed by atoms with Crippen molar-refractivity contribution in [2.24, 2.45) is 0 Å². The summed E-state index contributed by atoms with van der Waals surface area (Å²) in [5, 5.41) is 3.22. The lowest BCUT2D eigenvalue weighted by molar-refractivity contribution is -0.135. The Balaban J connectivity index is 1.65. The number of rotatable bonds is 5. The molecule has 1 N–H and O–H groups in total. The van der Waals surface area contributed by atoms with Crippen molar-refractivity contribution in [2.75, 3.05) is 24.5 Å². The van der Waals surface area contributed by atoms with Gasteiger partial charge in [0.15, 0.2) is 0 Å². The fourth-order valence-electron chi connectivity index (χ4n) is 2.45. The second kappa shape index (κ2) is 6.92. The molecule has 20 heavy (non-hydrogen) atoms. The van der Waals surface area contributed by atoms with Gasteiger partial charge >= 0.3 is 6.18 Å². The van der Waals surface area contributed by atoms with Crippen LogP contribution in [0, 0.1) is 0 Å². The number of hydrogen-bond donors (Lipinski definition) is 1. The van der Waals surface area contributed by atoms with Gasteiger partial charge in [0.1, 0.15) is 5.82 Å². The molecule has 0 aromatic carbocycles. The summed E-state index contributed by atoms with van der Waals surface area (Å²) in [4.78, 5) is 6.53. The first-order valence-corrected chi connectivity index (χ1v) is 7.01. The molecule has 1 saturated heterocycles. The van der Waals surface area contributed by atoms with E-state index in [1.807, 2.05) is 18.2 Å². The van der Waals surface area contributed by atoms with Gasteiger partial charge in [-0.25, -0.2) is 4.98 Å². The number of piperidine rings is 1. The fraction of sp³-hybridized carbons (Fsp3) is 0.643. The molecular formula is C14H20F3N3. The third-order valence-electron chi connectivity index (χ3n) is 3.54. The second-order valence-corrected chi connectivity index (χ2v) is 5.12. The Hall–Kier alpha value is -1.30. The lowest BCUT2D eigenvalue weighted by atomic mass is 10.0. The van der Waals surface area contributed by atoms with Crippen molar-refractivity contribution in [3.63, 3.8) is 0 Å². The predicted octanol–water partition coefficient (Wildman–Crippen LogP) is 2.98.